The third-order valence-corrected chi connectivity index (χ3v) is 6.63. The van der Waals surface area contributed by atoms with Crippen LogP contribution in [0.1, 0.15) is 48.3 Å². The average molecular weight is 471 g/mol. The molecule has 1 saturated carbocycles. The number of hydrogen-bond acceptors (Lipinski definition) is 2. The molecule has 1 aliphatic carbocycles. The molecule has 1 N–H and O–H groups in total. The number of halogens is 4. The van der Waals surface area contributed by atoms with Crippen LogP contribution >= 0.6 is 0 Å². The van der Waals surface area contributed by atoms with Gasteiger partial charge in [-0.25, -0.2) is 13.2 Å². The minimum atomic E-state index is -1.05. The van der Waals surface area contributed by atoms with Crippen LogP contribution in [0, 0.1) is 29.2 Å². The predicted octanol–water partition coefficient (Wildman–Crippen LogP) is 7.36. The fourth-order valence-electron chi connectivity index (χ4n) is 4.55. The Morgan fingerprint density at radius 3 is 2.15 bits per heavy atom. The van der Waals surface area contributed by atoms with Gasteiger partial charge in [-0.1, -0.05) is 48.6 Å². The minimum absolute atomic E-state index is 0.0398. The van der Waals surface area contributed by atoms with Gasteiger partial charge >= 0.3 is 0 Å². The second kappa shape index (κ2) is 10.4. The fraction of sp³-hybridized carbons (Fsp3) is 0.286. The van der Waals surface area contributed by atoms with Gasteiger partial charge in [-0.2, -0.15) is 4.39 Å². The number of aliphatic hydroxyl groups is 1. The molecule has 3 aromatic carbocycles. The van der Waals surface area contributed by atoms with Crippen LogP contribution in [0.15, 0.2) is 48.5 Å². The van der Waals surface area contributed by atoms with Gasteiger partial charge in [-0.15, -0.1) is 0 Å². The van der Waals surface area contributed by atoms with E-state index in [1.807, 2.05) is 0 Å². The zero-order valence-corrected chi connectivity index (χ0v) is 18.8. The largest absolute Gasteiger partial charge is 0.494 e. The van der Waals surface area contributed by atoms with Crippen LogP contribution < -0.4 is 4.74 Å². The number of hydrogen-bond donors (Lipinski definition) is 1. The lowest BCUT2D eigenvalue weighted by Crippen LogP contribution is -2.17. The van der Waals surface area contributed by atoms with Gasteiger partial charge in [-0.3, -0.25) is 0 Å². The zero-order chi connectivity index (χ0) is 24.2. The summed E-state index contributed by atoms with van der Waals surface area (Å²) in [6.07, 6.45) is 6.14. The lowest BCUT2D eigenvalue weighted by Gasteiger charge is -2.28. The van der Waals surface area contributed by atoms with Crippen LogP contribution in [-0.4, -0.2) is 18.8 Å². The summed E-state index contributed by atoms with van der Waals surface area (Å²) in [6.45, 7) is 0.139. The van der Waals surface area contributed by atoms with Gasteiger partial charge in [0.1, 0.15) is 0 Å². The van der Waals surface area contributed by atoms with E-state index in [0.29, 0.717) is 16.7 Å². The number of aliphatic hydroxyl groups excluding tert-OH is 1. The summed E-state index contributed by atoms with van der Waals surface area (Å²) in [5.74, 6) is -3.71. The highest BCUT2D eigenvalue weighted by Gasteiger charge is 2.26. The van der Waals surface area contributed by atoms with E-state index in [9.17, 15) is 22.7 Å². The van der Waals surface area contributed by atoms with Gasteiger partial charge in [0.25, 0.3) is 0 Å². The number of methoxy groups -OCH3 is 1. The van der Waals surface area contributed by atoms with E-state index < -0.39 is 23.3 Å². The molecule has 0 radical (unpaired) electrons. The lowest BCUT2D eigenvalue weighted by atomic mass is 9.78. The first-order chi connectivity index (χ1) is 16.4. The van der Waals surface area contributed by atoms with Crippen molar-refractivity contribution >= 4 is 12.2 Å². The molecule has 0 aliphatic heterocycles. The molecule has 0 aromatic heterocycles. The topological polar surface area (TPSA) is 29.5 Å². The first kappa shape index (κ1) is 24.0. The van der Waals surface area contributed by atoms with Crippen molar-refractivity contribution in [3.63, 3.8) is 0 Å². The lowest BCUT2D eigenvalue weighted by molar-refractivity contribution is 0.181. The molecule has 3 aromatic rings. The standard InChI is InChI=1S/C28H26F4O2/c1-34-24-15-12-21(25(29)28(24)32)11-4-17-2-7-19(8-3-17)22-13-14-23(27(31)26(22)30)20-9-5-18(16-33)6-10-20/h2-4,7-8,11-15,18,20,33H,5-6,9-10,16H2,1H3/b11-4+. The van der Waals surface area contributed by atoms with Gasteiger partial charge in [0.05, 0.1) is 7.11 Å². The van der Waals surface area contributed by atoms with Gasteiger partial charge < -0.3 is 9.84 Å². The molecule has 6 heteroatoms. The van der Waals surface area contributed by atoms with Crippen LogP contribution in [0.4, 0.5) is 17.6 Å². The van der Waals surface area contributed by atoms with E-state index in [2.05, 4.69) is 0 Å². The number of rotatable bonds is 6. The highest BCUT2D eigenvalue weighted by Crippen LogP contribution is 2.38. The molecule has 0 amide bonds. The van der Waals surface area contributed by atoms with Crippen molar-refractivity contribution in [2.24, 2.45) is 5.92 Å². The fourth-order valence-corrected chi connectivity index (χ4v) is 4.55. The summed E-state index contributed by atoms with van der Waals surface area (Å²) in [5, 5.41) is 9.29. The Balaban J connectivity index is 1.51. The molecule has 0 unspecified atom stereocenters. The predicted molar refractivity (Wildman–Crippen MR) is 125 cm³/mol. The Labute approximate surface area is 196 Å². The van der Waals surface area contributed by atoms with Gasteiger partial charge in [0.2, 0.25) is 5.82 Å². The summed E-state index contributed by atoms with van der Waals surface area (Å²) in [7, 11) is 1.26. The molecule has 1 fully saturated rings. The first-order valence-corrected chi connectivity index (χ1v) is 11.3. The highest BCUT2D eigenvalue weighted by atomic mass is 19.2. The molecular weight excluding hydrogens is 444 g/mol. The van der Waals surface area contributed by atoms with Gasteiger partial charge in [0.15, 0.2) is 23.2 Å². The van der Waals surface area contributed by atoms with Crippen LogP contribution in [0.25, 0.3) is 23.3 Å². The van der Waals surface area contributed by atoms with E-state index >= 15 is 0 Å². The van der Waals surface area contributed by atoms with Gasteiger partial charge in [-0.05, 0) is 66.3 Å². The maximum absolute atomic E-state index is 14.9. The van der Waals surface area contributed by atoms with Crippen LogP contribution in [-0.2, 0) is 0 Å². The Morgan fingerprint density at radius 1 is 0.794 bits per heavy atom. The number of benzene rings is 3. The molecule has 0 bridgehead atoms. The van der Waals surface area contributed by atoms with Crippen LogP contribution in [0.2, 0.25) is 0 Å². The SMILES string of the molecule is COc1ccc(/C=C/c2ccc(-c3ccc(C4CCC(CO)CC4)c(F)c3F)cc2)c(F)c1F. The van der Waals surface area contributed by atoms with Crippen molar-refractivity contribution in [3.8, 4) is 16.9 Å². The first-order valence-electron chi connectivity index (χ1n) is 11.3. The number of ether oxygens (including phenoxy) is 1. The summed E-state index contributed by atoms with van der Waals surface area (Å²) in [5.41, 5.74) is 1.84. The molecule has 34 heavy (non-hydrogen) atoms. The van der Waals surface area contributed by atoms with Crippen molar-refractivity contribution in [1.29, 1.82) is 0 Å². The zero-order valence-electron chi connectivity index (χ0n) is 18.8. The van der Waals surface area contributed by atoms with E-state index in [0.717, 1.165) is 25.7 Å². The Morgan fingerprint density at radius 2 is 1.50 bits per heavy atom. The van der Waals surface area contributed by atoms with Crippen molar-refractivity contribution in [2.45, 2.75) is 31.6 Å². The normalized spacial score (nSPS) is 18.4. The molecule has 2 nitrogen and oxygen atoms in total. The van der Waals surface area contributed by atoms with Crippen LogP contribution in [0.5, 0.6) is 5.75 Å². The molecule has 0 atom stereocenters. The third-order valence-electron chi connectivity index (χ3n) is 6.63. The minimum Gasteiger partial charge on any atom is -0.494 e. The van der Waals surface area contributed by atoms with E-state index in [1.165, 1.54) is 25.3 Å². The van der Waals surface area contributed by atoms with Gasteiger partial charge in [0, 0.05) is 17.7 Å². The second-order valence-corrected chi connectivity index (χ2v) is 8.67. The summed E-state index contributed by atoms with van der Waals surface area (Å²) >= 11 is 0. The smallest absolute Gasteiger partial charge is 0.201 e. The van der Waals surface area contributed by atoms with Crippen molar-refractivity contribution in [1.82, 2.24) is 0 Å². The molecule has 0 heterocycles. The van der Waals surface area contributed by atoms with Crippen molar-refractivity contribution in [3.05, 3.63) is 88.5 Å². The molecule has 0 spiro atoms. The molecule has 4 rings (SSSR count). The Kier molecular flexibility index (Phi) is 7.37. The van der Waals surface area contributed by atoms with Crippen molar-refractivity contribution < 1.29 is 27.4 Å². The summed E-state index contributed by atoms with van der Waals surface area (Å²) in [4.78, 5) is 0. The summed E-state index contributed by atoms with van der Waals surface area (Å²) in [6, 6.07) is 12.7. The second-order valence-electron chi connectivity index (χ2n) is 8.67. The average Bonchev–Trinajstić information content (AvgIpc) is 2.87. The maximum atomic E-state index is 14.9. The van der Waals surface area contributed by atoms with Crippen molar-refractivity contribution in [2.75, 3.05) is 13.7 Å². The van der Waals surface area contributed by atoms with E-state index in [4.69, 9.17) is 4.74 Å². The molecule has 178 valence electrons. The molecule has 1 aliphatic rings. The van der Waals surface area contributed by atoms with E-state index in [1.54, 1.807) is 42.5 Å². The Hall–Kier alpha value is -3.12. The van der Waals surface area contributed by atoms with Crippen LogP contribution in [0.3, 0.4) is 0 Å². The quantitative estimate of drug-likeness (QED) is 0.301. The highest BCUT2D eigenvalue weighted by molar-refractivity contribution is 5.73. The maximum Gasteiger partial charge on any atom is 0.201 e. The molecule has 0 saturated heterocycles. The van der Waals surface area contributed by atoms with E-state index in [-0.39, 0.29) is 35.3 Å². The Bertz CT molecular complexity index is 1180. The third kappa shape index (κ3) is 4.87. The summed E-state index contributed by atoms with van der Waals surface area (Å²) < 4.78 is 62.6. The molecular formula is C28H26F4O2. The monoisotopic (exact) mass is 470 g/mol.